The average molecular weight is 265 g/mol. The van der Waals surface area contributed by atoms with E-state index in [0.29, 0.717) is 5.92 Å². The lowest BCUT2D eigenvalue weighted by molar-refractivity contribution is 0.627. The van der Waals surface area contributed by atoms with Gasteiger partial charge < -0.3 is 3.98 Å². The Labute approximate surface area is 103 Å². The molecular weight excluding hydrogens is 247 g/mol. The van der Waals surface area contributed by atoms with Crippen molar-refractivity contribution in [2.45, 2.75) is 40.3 Å². The third kappa shape index (κ3) is 2.67. The maximum absolute atomic E-state index is 6.26. The summed E-state index contributed by atoms with van der Waals surface area (Å²) in [5.74, 6) is 0.488. The zero-order valence-corrected chi connectivity index (χ0v) is 12.5. The van der Waals surface area contributed by atoms with Gasteiger partial charge in [-0.3, -0.25) is 0 Å². The van der Waals surface area contributed by atoms with Gasteiger partial charge in [-0.05, 0) is 44.4 Å². The molecule has 0 aromatic rings. The Hall–Kier alpha value is 0.237. The highest BCUT2D eigenvalue weighted by Crippen LogP contribution is 2.41. The maximum Gasteiger partial charge on any atom is 0.314 e. The summed E-state index contributed by atoms with van der Waals surface area (Å²) in [6.45, 7) is 10.7. The first-order chi connectivity index (χ1) is 6.80. The predicted molar refractivity (Wildman–Crippen MR) is 69.5 cm³/mol. The molecule has 4 heteroatoms. The van der Waals surface area contributed by atoms with Crippen molar-refractivity contribution < 1.29 is 3.98 Å². The number of hydrogen-bond acceptors (Lipinski definition) is 1. The van der Waals surface area contributed by atoms with Gasteiger partial charge in [0.2, 0.25) is 0 Å². The van der Waals surface area contributed by atoms with Crippen molar-refractivity contribution in [2.75, 3.05) is 0 Å². The summed E-state index contributed by atoms with van der Waals surface area (Å²) in [4.78, 5) is 0. The minimum atomic E-state index is -2.23. The van der Waals surface area contributed by atoms with Crippen LogP contribution in [0.2, 0.25) is 12.6 Å². The molecule has 0 fully saturated rings. The first-order valence-electron chi connectivity index (χ1n) is 5.16. The number of rotatable bonds is 3. The topological polar surface area (TPSA) is 9.23 Å². The molecule has 0 aromatic carbocycles. The Balaban J connectivity index is 2.92. The summed E-state index contributed by atoms with van der Waals surface area (Å²) in [6, 6.07) is 0.805. The standard InChI is InChI=1S/C11H18Cl2OSi/c1-7-8(2)10(4)11(9(7)3)6-15(5,13)14-12/h9H,6H2,1-5H3. The van der Waals surface area contributed by atoms with Gasteiger partial charge >= 0.3 is 7.63 Å². The van der Waals surface area contributed by atoms with Gasteiger partial charge in [0.15, 0.2) is 0 Å². The van der Waals surface area contributed by atoms with Gasteiger partial charge in [0.05, 0.1) is 0 Å². The molecule has 0 heterocycles. The van der Waals surface area contributed by atoms with Gasteiger partial charge in [0, 0.05) is 17.9 Å². The second-order valence-corrected chi connectivity index (χ2v) is 10.1. The molecule has 1 aliphatic carbocycles. The quantitative estimate of drug-likeness (QED) is 0.527. The highest BCUT2D eigenvalue weighted by molar-refractivity contribution is 7.17. The summed E-state index contributed by atoms with van der Waals surface area (Å²) < 4.78 is 4.89. The number of allylic oxidation sites excluding steroid dienone is 4. The molecule has 2 unspecified atom stereocenters. The van der Waals surface area contributed by atoms with Gasteiger partial charge in [0.25, 0.3) is 0 Å². The molecule has 2 atom stereocenters. The van der Waals surface area contributed by atoms with Crippen LogP contribution < -0.4 is 0 Å². The van der Waals surface area contributed by atoms with Crippen LogP contribution in [0.3, 0.4) is 0 Å². The van der Waals surface area contributed by atoms with Crippen LogP contribution in [0.15, 0.2) is 22.3 Å². The second-order valence-electron chi connectivity index (χ2n) is 4.54. The molecule has 1 aliphatic rings. The Morgan fingerprint density at radius 3 is 2.13 bits per heavy atom. The molecule has 1 nitrogen and oxygen atoms in total. The van der Waals surface area contributed by atoms with E-state index in [0.717, 1.165) is 6.04 Å². The summed E-state index contributed by atoms with van der Waals surface area (Å²) in [6.07, 6.45) is 0. The minimum Gasteiger partial charge on any atom is -0.305 e. The van der Waals surface area contributed by atoms with E-state index >= 15 is 0 Å². The van der Waals surface area contributed by atoms with Crippen molar-refractivity contribution in [2.24, 2.45) is 5.92 Å². The average Bonchev–Trinajstić information content (AvgIpc) is 2.36. The van der Waals surface area contributed by atoms with E-state index in [2.05, 4.69) is 27.7 Å². The Morgan fingerprint density at radius 2 is 1.80 bits per heavy atom. The SMILES string of the molecule is CC1=C(C)C(C)C(C[Si](C)(Cl)OCl)=C1C. The Bertz CT molecular complexity index is 331. The van der Waals surface area contributed by atoms with E-state index in [1.54, 1.807) is 0 Å². The highest BCUT2D eigenvalue weighted by Gasteiger charge is 2.33. The zero-order valence-electron chi connectivity index (χ0n) is 9.95. The Morgan fingerprint density at radius 1 is 1.27 bits per heavy atom. The monoisotopic (exact) mass is 264 g/mol. The number of hydrogen-bond donors (Lipinski definition) is 0. The van der Waals surface area contributed by atoms with Crippen LogP contribution in [0.25, 0.3) is 0 Å². The maximum atomic E-state index is 6.26. The van der Waals surface area contributed by atoms with E-state index in [9.17, 15) is 0 Å². The molecule has 0 saturated carbocycles. The third-order valence-corrected chi connectivity index (χ3v) is 6.70. The summed E-state index contributed by atoms with van der Waals surface area (Å²) in [7, 11) is -2.23. The van der Waals surface area contributed by atoms with Crippen molar-refractivity contribution >= 4 is 30.6 Å². The van der Waals surface area contributed by atoms with Gasteiger partial charge in [-0.1, -0.05) is 18.1 Å². The van der Waals surface area contributed by atoms with E-state index < -0.39 is 7.63 Å². The molecule has 1 rings (SSSR count). The molecular formula is C11H18Cl2OSi. The van der Waals surface area contributed by atoms with Gasteiger partial charge in [-0.2, -0.15) is 0 Å². The lowest BCUT2D eigenvalue weighted by Crippen LogP contribution is -2.25. The summed E-state index contributed by atoms with van der Waals surface area (Å²) >= 11 is 11.7. The van der Waals surface area contributed by atoms with Crippen LogP contribution in [-0.2, 0) is 3.98 Å². The molecule has 0 aromatic heterocycles. The van der Waals surface area contributed by atoms with Crippen molar-refractivity contribution in [3.8, 4) is 0 Å². The molecule has 15 heavy (non-hydrogen) atoms. The first kappa shape index (κ1) is 13.3. The molecule has 0 radical (unpaired) electrons. The van der Waals surface area contributed by atoms with Gasteiger partial charge in [-0.15, -0.1) is 11.1 Å². The molecule has 86 valence electrons. The number of halogens is 2. The minimum absolute atomic E-state index is 0.488. The third-order valence-electron chi connectivity index (χ3n) is 3.47. The van der Waals surface area contributed by atoms with Crippen molar-refractivity contribution in [3.63, 3.8) is 0 Å². The summed E-state index contributed by atoms with van der Waals surface area (Å²) in [5.41, 5.74) is 5.61. The van der Waals surface area contributed by atoms with Gasteiger partial charge in [0.1, 0.15) is 0 Å². The molecule has 0 N–H and O–H groups in total. The van der Waals surface area contributed by atoms with Crippen molar-refractivity contribution in [1.29, 1.82) is 0 Å². The van der Waals surface area contributed by atoms with Crippen LogP contribution in [0.5, 0.6) is 0 Å². The molecule has 0 spiro atoms. The van der Waals surface area contributed by atoms with Crippen LogP contribution in [-0.4, -0.2) is 7.63 Å². The normalized spacial score (nSPS) is 26.2. The lowest BCUT2D eigenvalue weighted by Gasteiger charge is -2.19. The van der Waals surface area contributed by atoms with Crippen molar-refractivity contribution in [3.05, 3.63) is 22.3 Å². The summed E-state index contributed by atoms with van der Waals surface area (Å²) in [5, 5.41) is 0. The van der Waals surface area contributed by atoms with Gasteiger partial charge in [-0.25, -0.2) is 0 Å². The molecule has 0 bridgehead atoms. The van der Waals surface area contributed by atoms with Crippen LogP contribution >= 0.6 is 22.9 Å². The van der Waals surface area contributed by atoms with E-state index in [-0.39, 0.29) is 0 Å². The first-order valence-corrected chi connectivity index (χ1v) is 9.10. The van der Waals surface area contributed by atoms with E-state index in [4.69, 9.17) is 26.9 Å². The molecule has 0 saturated heterocycles. The van der Waals surface area contributed by atoms with Crippen LogP contribution in [0.1, 0.15) is 27.7 Å². The fourth-order valence-corrected chi connectivity index (χ4v) is 4.00. The largest absolute Gasteiger partial charge is 0.314 e. The lowest BCUT2D eigenvalue weighted by atomic mass is 10.00. The fraction of sp³-hybridized carbons (Fsp3) is 0.636. The van der Waals surface area contributed by atoms with E-state index in [1.165, 1.54) is 22.3 Å². The highest BCUT2D eigenvalue weighted by atomic mass is 35.6. The second kappa shape index (κ2) is 4.62. The molecule has 0 aliphatic heterocycles. The Kier molecular flexibility index (Phi) is 4.10. The fourth-order valence-electron chi connectivity index (χ4n) is 2.10. The zero-order chi connectivity index (χ0) is 11.8. The molecule has 0 amide bonds. The smallest absolute Gasteiger partial charge is 0.305 e. The van der Waals surface area contributed by atoms with Crippen LogP contribution in [0.4, 0.5) is 0 Å². The van der Waals surface area contributed by atoms with Crippen LogP contribution in [0, 0.1) is 5.92 Å². The predicted octanol–water partition coefficient (Wildman–Crippen LogP) is 4.77. The van der Waals surface area contributed by atoms with E-state index in [1.807, 2.05) is 6.55 Å². The van der Waals surface area contributed by atoms with Crippen molar-refractivity contribution in [1.82, 2.24) is 0 Å².